The second-order valence-electron chi connectivity index (χ2n) is 5.74. The highest BCUT2D eigenvalue weighted by molar-refractivity contribution is 5.99. The maximum atomic E-state index is 12.3. The zero-order chi connectivity index (χ0) is 13.5. The van der Waals surface area contributed by atoms with E-state index in [1.165, 1.54) is 19.3 Å². The summed E-state index contributed by atoms with van der Waals surface area (Å²) in [7, 11) is 0. The maximum Gasteiger partial charge on any atom is 0.162 e. The number of nitrogens with zero attached hydrogens (tertiary/aromatic N) is 1. The van der Waals surface area contributed by atoms with Crippen LogP contribution < -0.4 is 0 Å². The standard InChI is InChI=1S/C16H27NO2.ClH/c1-2-3-4-5-6-14-7-8-15(16(14)18)13-17-9-11-19-12-10-17;/h6,15H,2-5,7-13H2,1H3;1H/b14-6+;. The van der Waals surface area contributed by atoms with Gasteiger partial charge in [-0.05, 0) is 31.3 Å². The van der Waals surface area contributed by atoms with Gasteiger partial charge >= 0.3 is 0 Å². The first-order chi connectivity index (χ1) is 9.31. The third-order valence-corrected chi connectivity index (χ3v) is 4.23. The lowest BCUT2D eigenvalue weighted by atomic mass is 10.0. The molecule has 0 spiro atoms. The second kappa shape index (κ2) is 9.54. The molecule has 0 aromatic heterocycles. The number of ether oxygens (including phenoxy) is 1. The Labute approximate surface area is 129 Å². The van der Waals surface area contributed by atoms with Gasteiger partial charge in [0.2, 0.25) is 0 Å². The zero-order valence-electron chi connectivity index (χ0n) is 12.6. The van der Waals surface area contributed by atoms with Gasteiger partial charge in [0.15, 0.2) is 5.78 Å². The molecule has 4 heteroatoms. The van der Waals surface area contributed by atoms with Crippen LogP contribution in [0, 0.1) is 5.92 Å². The largest absolute Gasteiger partial charge is 0.379 e. The van der Waals surface area contributed by atoms with Crippen LogP contribution in [0.3, 0.4) is 0 Å². The molecule has 2 aliphatic rings. The topological polar surface area (TPSA) is 29.5 Å². The maximum absolute atomic E-state index is 12.3. The summed E-state index contributed by atoms with van der Waals surface area (Å²) < 4.78 is 5.35. The van der Waals surface area contributed by atoms with Crippen molar-refractivity contribution in [2.24, 2.45) is 5.92 Å². The fraction of sp³-hybridized carbons (Fsp3) is 0.812. The average molecular weight is 302 g/mol. The molecule has 2 rings (SSSR count). The van der Waals surface area contributed by atoms with E-state index >= 15 is 0 Å². The number of ketones is 1. The number of carbonyl (C=O) groups excluding carboxylic acids is 1. The van der Waals surface area contributed by atoms with Crippen LogP contribution in [0.15, 0.2) is 11.6 Å². The summed E-state index contributed by atoms with van der Waals surface area (Å²) in [4.78, 5) is 14.7. The Hall–Kier alpha value is -0.380. The van der Waals surface area contributed by atoms with Gasteiger partial charge in [0.25, 0.3) is 0 Å². The van der Waals surface area contributed by atoms with Crippen molar-refractivity contribution in [1.29, 1.82) is 0 Å². The van der Waals surface area contributed by atoms with Crippen molar-refractivity contribution in [2.45, 2.75) is 45.4 Å². The molecule has 2 fully saturated rings. The molecule has 20 heavy (non-hydrogen) atoms. The lowest BCUT2D eigenvalue weighted by molar-refractivity contribution is -0.118. The molecule has 0 amide bonds. The Morgan fingerprint density at radius 3 is 2.75 bits per heavy atom. The molecular formula is C16H28ClNO2. The number of allylic oxidation sites excluding steroid dienone is 2. The lowest BCUT2D eigenvalue weighted by Gasteiger charge is -2.28. The van der Waals surface area contributed by atoms with Crippen LogP contribution in [0.1, 0.15) is 45.4 Å². The Morgan fingerprint density at radius 1 is 1.30 bits per heavy atom. The van der Waals surface area contributed by atoms with Crippen molar-refractivity contribution in [3.8, 4) is 0 Å². The van der Waals surface area contributed by atoms with E-state index in [1.54, 1.807) is 0 Å². The SMILES string of the molecule is CCCCC/C=C1\CCC(CN2CCOCC2)C1=O.Cl. The van der Waals surface area contributed by atoms with Crippen molar-refractivity contribution in [2.75, 3.05) is 32.8 Å². The van der Waals surface area contributed by atoms with Crippen LogP contribution in [0.4, 0.5) is 0 Å². The number of morpholine rings is 1. The highest BCUT2D eigenvalue weighted by Crippen LogP contribution is 2.28. The molecule has 1 aliphatic heterocycles. The van der Waals surface area contributed by atoms with Crippen LogP contribution in [0.5, 0.6) is 0 Å². The number of hydrogen-bond donors (Lipinski definition) is 0. The Balaban J connectivity index is 0.00000200. The summed E-state index contributed by atoms with van der Waals surface area (Å²) in [6.07, 6.45) is 9.08. The third-order valence-electron chi connectivity index (χ3n) is 4.23. The zero-order valence-corrected chi connectivity index (χ0v) is 13.4. The van der Waals surface area contributed by atoms with E-state index in [4.69, 9.17) is 4.74 Å². The fourth-order valence-corrected chi connectivity index (χ4v) is 2.99. The lowest BCUT2D eigenvalue weighted by Crippen LogP contribution is -2.40. The molecular weight excluding hydrogens is 274 g/mol. The number of rotatable bonds is 6. The van der Waals surface area contributed by atoms with Crippen LogP contribution in [-0.2, 0) is 9.53 Å². The van der Waals surface area contributed by atoms with Gasteiger partial charge in [-0.3, -0.25) is 9.69 Å². The van der Waals surface area contributed by atoms with Gasteiger partial charge in [0.05, 0.1) is 13.2 Å². The van der Waals surface area contributed by atoms with Crippen LogP contribution in [0.2, 0.25) is 0 Å². The Bertz CT molecular complexity index is 324. The molecule has 0 aromatic carbocycles. The number of halogens is 1. The third kappa shape index (κ3) is 5.19. The van der Waals surface area contributed by atoms with Gasteiger partial charge in [-0.25, -0.2) is 0 Å². The predicted molar refractivity (Wildman–Crippen MR) is 84.5 cm³/mol. The average Bonchev–Trinajstić information content (AvgIpc) is 2.78. The van der Waals surface area contributed by atoms with Gasteiger partial charge in [0, 0.05) is 25.6 Å². The van der Waals surface area contributed by atoms with E-state index < -0.39 is 0 Å². The summed E-state index contributed by atoms with van der Waals surface area (Å²) in [5.74, 6) is 0.665. The van der Waals surface area contributed by atoms with Crippen molar-refractivity contribution in [3.63, 3.8) is 0 Å². The van der Waals surface area contributed by atoms with E-state index in [9.17, 15) is 4.79 Å². The monoisotopic (exact) mass is 301 g/mol. The molecule has 3 nitrogen and oxygen atoms in total. The quantitative estimate of drug-likeness (QED) is 0.557. The molecule has 1 atom stereocenters. The van der Waals surface area contributed by atoms with Gasteiger partial charge in [-0.15, -0.1) is 12.4 Å². The van der Waals surface area contributed by atoms with Crippen molar-refractivity contribution in [1.82, 2.24) is 4.90 Å². The minimum atomic E-state index is 0. The number of unbranched alkanes of at least 4 members (excludes halogenated alkanes) is 3. The molecule has 1 heterocycles. The molecule has 0 N–H and O–H groups in total. The first-order valence-electron chi connectivity index (χ1n) is 7.84. The molecule has 1 aliphatic carbocycles. The van der Waals surface area contributed by atoms with Crippen LogP contribution in [0.25, 0.3) is 0 Å². The van der Waals surface area contributed by atoms with E-state index in [1.807, 2.05) is 0 Å². The molecule has 0 radical (unpaired) electrons. The number of carbonyl (C=O) groups is 1. The summed E-state index contributed by atoms with van der Waals surface area (Å²) in [6.45, 7) is 6.76. The summed E-state index contributed by atoms with van der Waals surface area (Å²) in [5, 5.41) is 0. The number of Topliss-reactive ketones (excluding diaryl/α,β-unsaturated/α-hetero) is 1. The first-order valence-corrected chi connectivity index (χ1v) is 7.84. The molecule has 0 aromatic rings. The van der Waals surface area contributed by atoms with E-state index in [2.05, 4.69) is 17.9 Å². The van der Waals surface area contributed by atoms with Crippen LogP contribution >= 0.6 is 12.4 Å². The number of hydrogen-bond acceptors (Lipinski definition) is 3. The summed E-state index contributed by atoms with van der Waals surface area (Å²) in [6, 6.07) is 0. The van der Waals surface area contributed by atoms with Crippen molar-refractivity contribution >= 4 is 18.2 Å². The van der Waals surface area contributed by atoms with E-state index in [-0.39, 0.29) is 18.3 Å². The van der Waals surface area contributed by atoms with Crippen LogP contribution in [-0.4, -0.2) is 43.5 Å². The van der Waals surface area contributed by atoms with Gasteiger partial charge in [0.1, 0.15) is 0 Å². The highest BCUT2D eigenvalue weighted by Gasteiger charge is 2.30. The Kier molecular flexibility index (Phi) is 8.43. The van der Waals surface area contributed by atoms with Gasteiger partial charge < -0.3 is 4.74 Å². The molecule has 0 bridgehead atoms. The molecule has 1 saturated carbocycles. The first kappa shape index (κ1) is 17.7. The van der Waals surface area contributed by atoms with Gasteiger partial charge in [-0.1, -0.05) is 25.8 Å². The Morgan fingerprint density at radius 2 is 2.05 bits per heavy atom. The smallest absolute Gasteiger partial charge is 0.162 e. The summed E-state index contributed by atoms with van der Waals surface area (Å²) >= 11 is 0. The molecule has 1 saturated heterocycles. The van der Waals surface area contributed by atoms with Crippen molar-refractivity contribution in [3.05, 3.63) is 11.6 Å². The highest BCUT2D eigenvalue weighted by atomic mass is 35.5. The van der Waals surface area contributed by atoms with Crippen molar-refractivity contribution < 1.29 is 9.53 Å². The normalized spacial score (nSPS) is 25.9. The molecule has 1 unspecified atom stereocenters. The summed E-state index contributed by atoms with van der Waals surface area (Å²) in [5.41, 5.74) is 1.11. The van der Waals surface area contributed by atoms with E-state index in [0.29, 0.717) is 5.78 Å². The van der Waals surface area contributed by atoms with Gasteiger partial charge in [-0.2, -0.15) is 0 Å². The second-order valence-corrected chi connectivity index (χ2v) is 5.74. The minimum Gasteiger partial charge on any atom is -0.379 e. The van der Waals surface area contributed by atoms with E-state index in [0.717, 1.165) is 57.7 Å². The minimum absolute atomic E-state index is 0. The molecule has 116 valence electrons. The fourth-order valence-electron chi connectivity index (χ4n) is 2.99. The predicted octanol–water partition coefficient (Wildman–Crippen LogP) is 3.23.